The zero-order valence-electron chi connectivity index (χ0n) is 15.0. The zero-order chi connectivity index (χ0) is 19.0. The standard InChI is InChI=1S/C20H18ClN3O3/c1-12-3-5-13(6-4-12)19-22-20(27-23-19)14-9-18(25)24(11-14)15-7-8-17(26-2)16(21)10-15/h3-8,10,14H,9,11H2,1-2H3/t14-/m0/s1. The second-order valence-electron chi connectivity index (χ2n) is 6.55. The third-order valence-electron chi connectivity index (χ3n) is 4.67. The van der Waals surface area contributed by atoms with Crippen molar-refractivity contribution in [3.63, 3.8) is 0 Å². The molecule has 2 aromatic carbocycles. The van der Waals surface area contributed by atoms with Gasteiger partial charge in [-0.15, -0.1) is 0 Å². The van der Waals surface area contributed by atoms with Gasteiger partial charge in [-0.25, -0.2) is 0 Å². The summed E-state index contributed by atoms with van der Waals surface area (Å²) in [4.78, 5) is 18.7. The number of benzene rings is 2. The Morgan fingerprint density at radius 3 is 2.70 bits per heavy atom. The van der Waals surface area contributed by atoms with E-state index in [2.05, 4.69) is 10.1 Å². The lowest BCUT2D eigenvalue weighted by Crippen LogP contribution is -2.24. The maximum absolute atomic E-state index is 12.5. The molecule has 1 aliphatic heterocycles. The number of carbonyl (C=O) groups is 1. The highest BCUT2D eigenvalue weighted by molar-refractivity contribution is 6.32. The maximum atomic E-state index is 12.5. The van der Waals surface area contributed by atoms with Gasteiger partial charge < -0.3 is 14.2 Å². The van der Waals surface area contributed by atoms with Gasteiger partial charge >= 0.3 is 0 Å². The number of carbonyl (C=O) groups excluding carboxylic acids is 1. The van der Waals surface area contributed by atoms with E-state index in [9.17, 15) is 4.79 Å². The molecule has 1 atom stereocenters. The number of aryl methyl sites for hydroxylation is 1. The van der Waals surface area contributed by atoms with Gasteiger partial charge in [-0.1, -0.05) is 46.6 Å². The Hall–Kier alpha value is -2.86. The molecular weight excluding hydrogens is 366 g/mol. The van der Waals surface area contributed by atoms with Gasteiger partial charge in [0.1, 0.15) is 5.75 Å². The van der Waals surface area contributed by atoms with Crippen LogP contribution in [-0.4, -0.2) is 29.7 Å². The first-order valence-electron chi connectivity index (χ1n) is 8.59. The van der Waals surface area contributed by atoms with E-state index in [0.717, 1.165) is 16.8 Å². The van der Waals surface area contributed by atoms with E-state index >= 15 is 0 Å². The fourth-order valence-electron chi connectivity index (χ4n) is 3.17. The van der Waals surface area contributed by atoms with Gasteiger partial charge in [0.15, 0.2) is 0 Å². The van der Waals surface area contributed by atoms with Gasteiger partial charge in [-0.05, 0) is 25.1 Å². The zero-order valence-corrected chi connectivity index (χ0v) is 15.7. The van der Waals surface area contributed by atoms with E-state index in [4.69, 9.17) is 20.9 Å². The molecule has 0 bridgehead atoms. The van der Waals surface area contributed by atoms with Crippen molar-refractivity contribution < 1.29 is 14.1 Å². The van der Waals surface area contributed by atoms with Crippen LogP contribution in [0.25, 0.3) is 11.4 Å². The van der Waals surface area contributed by atoms with Gasteiger partial charge in [-0.2, -0.15) is 4.98 Å². The van der Waals surface area contributed by atoms with Crippen molar-refractivity contribution in [1.82, 2.24) is 10.1 Å². The molecule has 1 saturated heterocycles. The summed E-state index contributed by atoms with van der Waals surface area (Å²) in [6.07, 6.45) is 0.319. The van der Waals surface area contributed by atoms with Crippen LogP contribution in [0.15, 0.2) is 47.0 Å². The van der Waals surface area contributed by atoms with Gasteiger partial charge in [0.05, 0.1) is 18.1 Å². The number of methoxy groups -OCH3 is 1. The molecule has 1 amide bonds. The molecule has 6 nitrogen and oxygen atoms in total. The number of anilines is 1. The summed E-state index contributed by atoms with van der Waals surface area (Å²) in [6, 6.07) is 13.2. The summed E-state index contributed by atoms with van der Waals surface area (Å²) in [7, 11) is 1.55. The summed E-state index contributed by atoms with van der Waals surface area (Å²) >= 11 is 6.19. The first-order chi connectivity index (χ1) is 13.0. The molecule has 1 aromatic heterocycles. The van der Waals surface area contributed by atoms with Gasteiger partial charge in [-0.3, -0.25) is 4.79 Å². The quantitative estimate of drug-likeness (QED) is 0.674. The van der Waals surface area contributed by atoms with Crippen molar-refractivity contribution in [2.45, 2.75) is 19.3 Å². The molecule has 4 rings (SSSR count). The summed E-state index contributed by atoms with van der Waals surface area (Å²) in [5.41, 5.74) is 2.78. The Labute approximate surface area is 161 Å². The van der Waals surface area contributed by atoms with Crippen LogP contribution < -0.4 is 9.64 Å². The molecule has 27 heavy (non-hydrogen) atoms. The van der Waals surface area contributed by atoms with Crippen LogP contribution in [0.2, 0.25) is 5.02 Å². The van der Waals surface area contributed by atoms with Gasteiger partial charge in [0.25, 0.3) is 0 Å². The monoisotopic (exact) mass is 383 g/mol. The summed E-state index contributed by atoms with van der Waals surface area (Å²) < 4.78 is 10.6. The fourth-order valence-corrected chi connectivity index (χ4v) is 3.42. The maximum Gasteiger partial charge on any atom is 0.232 e. The van der Waals surface area contributed by atoms with Gasteiger partial charge in [0, 0.05) is 24.2 Å². The Morgan fingerprint density at radius 1 is 1.22 bits per heavy atom. The van der Waals surface area contributed by atoms with Crippen molar-refractivity contribution in [1.29, 1.82) is 0 Å². The Bertz CT molecular complexity index is 984. The third-order valence-corrected chi connectivity index (χ3v) is 4.97. The lowest BCUT2D eigenvalue weighted by atomic mass is 10.1. The Morgan fingerprint density at radius 2 is 2.00 bits per heavy atom. The topological polar surface area (TPSA) is 68.5 Å². The number of hydrogen-bond acceptors (Lipinski definition) is 5. The van der Waals surface area contributed by atoms with Crippen molar-refractivity contribution in [3.05, 3.63) is 58.9 Å². The van der Waals surface area contributed by atoms with E-state index < -0.39 is 0 Å². The summed E-state index contributed by atoms with van der Waals surface area (Å²) in [6.45, 7) is 2.49. The second-order valence-corrected chi connectivity index (χ2v) is 6.95. The number of aromatic nitrogens is 2. The predicted molar refractivity (Wildman–Crippen MR) is 102 cm³/mol. The average molecular weight is 384 g/mol. The number of halogens is 1. The Kier molecular flexibility index (Phi) is 4.58. The van der Waals surface area contributed by atoms with E-state index in [0.29, 0.717) is 35.5 Å². The molecule has 1 aliphatic rings. The molecule has 0 spiro atoms. The SMILES string of the molecule is COc1ccc(N2C[C@@H](c3nc(-c4ccc(C)cc4)no3)CC2=O)cc1Cl. The molecular formula is C20H18ClN3O3. The molecule has 1 fully saturated rings. The van der Waals surface area contributed by atoms with Crippen molar-refractivity contribution in [2.75, 3.05) is 18.6 Å². The van der Waals surface area contributed by atoms with Crippen molar-refractivity contribution >= 4 is 23.2 Å². The largest absolute Gasteiger partial charge is 0.495 e. The summed E-state index contributed by atoms with van der Waals surface area (Å²) in [5.74, 6) is 1.43. The minimum atomic E-state index is -0.148. The molecule has 138 valence electrons. The van der Waals surface area contributed by atoms with Crippen LogP contribution in [-0.2, 0) is 4.79 Å². The number of ether oxygens (including phenoxy) is 1. The molecule has 0 radical (unpaired) electrons. The van der Waals surface area contributed by atoms with Crippen molar-refractivity contribution in [3.8, 4) is 17.1 Å². The lowest BCUT2D eigenvalue weighted by Gasteiger charge is -2.17. The van der Waals surface area contributed by atoms with E-state index in [-0.39, 0.29) is 11.8 Å². The van der Waals surface area contributed by atoms with Crippen LogP contribution >= 0.6 is 11.6 Å². The van der Waals surface area contributed by atoms with Crippen LogP contribution in [0.5, 0.6) is 5.75 Å². The second kappa shape index (κ2) is 7.04. The minimum Gasteiger partial charge on any atom is -0.495 e. The predicted octanol–water partition coefficient (Wildman–Crippen LogP) is 4.23. The first kappa shape index (κ1) is 17.5. The molecule has 0 N–H and O–H groups in total. The van der Waals surface area contributed by atoms with Crippen LogP contribution in [0, 0.1) is 6.92 Å². The van der Waals surface area contributed by atoms with E-state index in [1.807, 2.05) is 37.3 Å². The van der Waals surface area contributed by atoms with E-state index in [1.165, 1.54) is 0 Å². The molecule has 3 aromatic rings. The van der Waals surface area contributed by atoms with E-state index in [1.54, 1.807) is 24.1 Å². The minimum absolute atomic E-state index is 0.00341. The fraction of sp³-hybridized carbons (Fsp3) is 0.250. The average Bonchev–Trinajstić information content (AvgIpc) is 3.29. The summed E-state index contributed by atoms with van der Waals surface area (Å²) in [5, 5.41) is 4.53. The smallest absolute Gasteiger partial charge is 0.232 e. The Balaban J connectivity index is 1.54. The molecule has 2 heterocycles. The van der Waals surface area contributed by atoms with Crippen LogP contribution in [0.4, 0.5) is 5.69 Å². The molecule has 0 saturated carbocycles. The molecule has 7 heteroatoms. The van der Waals surface area contributed by atoms with Gasteiger partial charge in [0.2, 0.25) is 17.6 Å². The van der Waals surface area contributed by atoms with Crippen LogP contribution in [0.3, 0.4) is 0 Å². The molecule has 0 aliphatic carbocycles. The highest BCUT2D eigenvalue weighted by Gasteiger charge is 2.35. The molecule has 0 unspecified atom stereocenters. The number of rotatable bonds is 4. The number of hydrogen-bond donors (Lipinski definition) is 0. The number of nitrogens with zero attached hydrogens (tertiary/aromatic N) is 3. The third kappa shape index (κ3) is 3.40. The lowest BCUT2D eigenvalue weighted by molar-refractivity contribution is -0.117. The highest BCUT2D eigenvalue weighted by atomic mass is 35.5. The number of amides is 1. The first-order valence-corrected chi connectivity index (χ1v) is 8.97. The highest BCUT2D eigenvalue weighted by Crippen LogP contribution is 2.35. The van der Waals surface area contributed by atoms with Crippen LogP contribution in [0.1, 0.15) is 23.8 Å². The van der Waals surface area contributed by atoms with Crippen molar-refractivity contribution in [2.24, 2.45) is 0 Å². The normalized spacial score (nSPS) is 16.8.